The summed E-state index contributed by atoms with van der Waals surface area (Å²) in [7, 11) is 0. The molecular weight excluding hydrogens is 248 g/mol. The van der Waals surface area contributed by atoms with E-state index >= 15 is 0 Å². The highest BCUT2D eigenvalue weighted by molar-refractivity contribution is 5.84. The number of carbonyl (C=O) groups is 2. The second-order valence-electron chi connectivity index (χ2n) is 5.27. The number of rotatable bonds is 6. The molecule has 0 unspecified atom stereocenters. The molecule has 6 heteroatoms. The summed E-state index contributed by atoms with van der Waals surface area (Å²) >= 11 is 0. The van der Waals surface area contributed by atoms with Gasteiger partial charge in [0.15, 0.2) is 0 Å². The standard InChI is InChI=1S/C13H20N2O4/c1-13(2,3)15-7-6-11(16)14-8-9-4-5-10(19-9)12(17)18/h4-5,15H,6-8H2,1-3H3,(H,14,16)(H,17,18). The summed E-state index contributed by atoms with van der Waals surface area (Å²) in [6, 6.07) is 2.90. The molecule has 0 bridgehead atoms. The van der Waals surface area contributed by atoms with Gasteiger partial charge in [-0.15, -0.1) is 0 Å². The minimum absolute atomic E-state index is 0.0162. The van der Waals surface area contributed by atoms with Gasteiger partial charge < -0.3 is 20.2 Å². The van der Waals surface area contributed by atoms with Crippen LogP contribution in [0.1, 0.15) is 43.5 Å². The maximum Gasteiger partial charge on any atom is 0.371 e. The lowest BCUT2D eigenvalue weighted by Crippen LogP contribution is -2.38. The average molecular weight is 268 g/mol. The van der Waals surface area contributed by atoms with Gasteiger partial charge >= 0.3 is 5.97 Å². The zero-order valence-electron chi connectivity index (χ0n) is 11.4. The first-order valence-electron chi connectivity index (χ1n) is 6.12. The molecule has 0 saturated carbocycles. The molecule has 0 fully saturated rings. The van der Waals surface area contributed by atoms with Crippen LogP contribution in [-0.4, -0.2) is 29.1 Å². The normalized spacial score (nSPS) is 11.3. The maximum absolute atomic E-state index is 11.5. The number of amides is 1. The lowest BCUT2D eigenvalue weighted by molar-refractivity contribution is -0.121. The van der Waals surface area contributed by atoms with Gasteiger partial charge in [0.1, 0.15) is 5.76 Å². The van der Waals surface area contributed by atoms with E-state index in [0.29, 0.717) is 18.7 Å². The smallest absolute Gasteiger partial charge is 0.371 e. The van der Waals surface area contributed by atoms with E-state index in [4.69, 9.17) is 9.52 Å². The molecule has 0 atom stereocenters. The SMILES string of the molecule is CC(C)(C)NCCC(=O)NCc1ccc(C(=O)O)o1. The molecule has 6 nitrogen and oxygen atoms in total. The molecule has 1 amide bonds. The van der Waals surface area contributed by atoms with Crippen LogP contribution in [0.25, 0.3) is 0 Å². The van der Waals surface area contributed by atoms with Gasteiger partial charge in [-0.05, 0) is 32.9 Å². The molecule has 1 rings (SSSR count). The predicted octanol–water partition coefficient (Wildman–Crippen LogP) is 1.37. The Balaban J connectivity index is 2.28. The summed E-state index contributed by atoms with van der Waals surface area (Å²) in [6.45, 7) is 6.87. The maximum atomic E-state index is 11.5. The molecule has 0 aliphatic carbocycles. The van der Waals surface area contributed by atoms with Gasteiger partial charge in [0, 0.05) is 18.5 Å². The van der Waals surface area contributed by atoms with Crippen molar-refractivity contribution >= 4 is 11.9 Å². The number of carboxylic acids is 1. The van der Waals surface area contributed by atoms with Crippen molar-refractivity contribution in [2.45, 2.75) is 39.3 Å². The third-order valence-corrected chi connectivity index (χ3v) is 2.34. The summed E-state index contributed by atoms with van der Waals surface area (Å²) in [5.41, 5.74) is -0.0162. The van der Waals surface area contributed by atoms with E-state index in [1.54, 1.807) is 0 Å². The van der Waals surface area contributed by atoms with Crippen molar-refractivity contribution in [2.75, 3.05) is 6.54 Å². The Morgan fingerprint density at radius 3 is 2.53 bits per heavy atom. The van der Waals surface area contributed by atoms with Crippen LogP contribution >= 0.6 is 0 Å². The largest absolute Gasteiger partial charge is 0.475 e. The molecule has 19 heavy (non-hydrogen) atoms. The third-order valence-electron chi connectivity index (χ3n) is 2.34. The highest BCUT2D eigenvalue weighted by Crippen LogP contribution is 2.07. The predicted molar refractivity (Wildman–Crippen MR) is 69.9 cm³/mol. The minimum atomic E-state index is -1.12. The lowest BCUT2D eigenvalue weighted by Gasteiger charge is -2.20. The van der Waals surface area contributed by atoms with E-state index in [1.165, 1.54) is 12.1 Å². The Morgan fingerprint density at radius 2 is 2.00 bits per heavy atom. The van der Waals surface area contributed by atoms with E-state index in [-0.39, 0.29) is 23.8 Å². The van der Waals surface area contributed by atoms with Crippen molar-refractivity contribution < 1.29 is 19.1 Å². The van der Waals surface area contributed by atoms with Crippen molar-refractivity contribution in [3.63, 3.8) is 0 Å². The molecule has 0 saturated heterocycles. The first kappa shape index (κ1) is 15.2. The Hall–Kier alpha value is -1.82. The van der Waals surface area contributed by atoms with Gasteiger partial charge in [-0.2, -0.15) is 0 Å². The van der Waals surface area contributed by atoms with Crippen molar-refractivity contribution in [1.29, 1.82) is 0 Å². The van der Waals surface area contributed by atoms with Crippen LogP contribution in [0.15, 0.2) is 16.5 Å². The van der Waals surface area contributed by atoms with E-state index in [1.807, 2.05) is 20.8 Å². The number of hydrogen-bond acceptors (Lipinski definition) is 4. The molecule has 3 N–H and O–H groups in total. The van der Waals surface area contributed by atoms with Crippen molar-refractivity contribution in [1.82, 2.24) is 10.6 Å². The molecule has 1 heterocycles. The fraction of sp³-hybridized carbons (Fsp3) is 0.538. The second kappa shape index (κ2) is 6.38. The molecule has 0 aromatic carbocycles. The van der Waals surface area contributed by atoms with Gasteiger partial charge in [0.2, 0.25) is 11.7 Å². The number of nitrogens with one attached hydrogen (secondary N) is 2. The first-order chi connectivity index (χ1) is 8.78. The molecule has 1 aromatic rings. The Labute approximate surface area is 112 Å². The molecule has 0 aliphatic rings. The highest BCUT2D eigenvalue weighted by Gasteiger charge is 2.11. The molecule has 0 aliphatic heterocycles. The number of carboxylic acid groups (broad SMARTS) is 1. The molecular formula is C13H20N2O4. The van der Waals surface area contributed by atoms with E-state index in [0.717, 1.165) is 0 Å². The number of carbonyl (C=O) groups excluding carboxylic acids is 1. The summed E-state index contributed by atoms with van der Waals surface area (Å²) in [4.78, 5) is 22.1. The average Bonchev–Trinajstić information content (AvgIpc) is 2.73. The van der Waals surface area contributed by atoms with Crippen LogP contribution in [0, 0.1) is 0 Å². The number of furan rings is 1. The summed E-state index contributed by atoms with van der Waals surface area (Å²) in [5, 5.41) is 14.6. The second-order valence-corrected chi connectivity index (χ2v) is 5.27. The monoisotopic (exact) mass is 268 g/mol. The quantitative estimate of drug-likeness (QED) is 0.724. The van der Waals surface area contributed by atoms with Crippen LogP contribution in [0.4, 0.5) is 0 Å². The Kier molecular flexibility index (Phi) is 5.11. The van der Waals surface area contributed by atoms with Crippen molar-refractivity contribution in [3.8, 4) is 0 Å². The number of hydrogen-bond donors (Lipinski definition) is 3. The van der Waals surface area contributed by atoms with Crippen molar-refractivity contribution in [3.05, 3.63) is 23.7 Å². The fourth-order valence-corrected chi connectivity index (χ4v) is 1.41. The molecule has 0 spiro atoms. The Morgan fingerprint density at radius 1 is 1.32 bits per heavy atom. The van der Waals surface area contributed by atoms with Crippen LogP contribution in [-0.2, 0) is 11.3 Å². The van der Waals surface area contributed by atoms with Crippen LogP contribution < -0.4 is 10.6 Å². The van der Waals surface area contributed by atoms with Gasteiger partial charge in [-0.3, -0.25) is 4.79 Å². The zero-order valence-corrected chi connectivity index (χ0v) is 11.4. The van der Waals surface area contributed by atoms with Gasteiger partial charge in [0.05, 0.1) is 6.54 Å². The minimum Gasteiger partial charge on any atom is -0.475 e. The topological polar surface area (TPSA) is 91.6 Å². The van der Waals surface area contributed by atoms with Crippen LogP contribution in [0.2, 0.25) is 0 Å². The molecule has 106 valence electrons. The van der Waals surface area contributed by atoms with Gasteiger partial charge in [-0.25, -0.2) is 4.79 Å². The molecule has 0 radical (unpaired) electrons. The summed E-state index contributed by atoms with van der Waals surface area (Å²) in [6.07, 6.45) is 0.365. The number of aromatic carboxylic acids is 1. The van der Waals surface area contributed by atoms with Crippen LogP contribution in [0.5, 0.6) is 0 Å². The summed E-state index contributed by atoms with van der Waals surface area (Å²) in [5.74, 6) is -0.926. The fourth-order valence-electron chi connectivity index (χ4n) is 1.41. The van der Waals surface area contributed by atoms with E-state index in [2.05, 4.69) is 10.6 Å². The highest BCUT2D eigenvalue weighted by atomic mass is 16.4. The lowest BCUT2D eigenvalue weighted by atomic mass is 10.1. The summed E-state index contributed by atoms with van der Waals surface area (Å²) < 4.78 is 5.02. The first-order valence-corrected chi connectivity index (χ1v) is 6.12. The van der Waals surface area contributed by atoms with E-state index in [9.17, 15) is 9.59 Å². The van der Waals surface area contributed by atoms with E-state index < -0.39 is 5.97 Å². The van der Waals surface area contributed by atoms with Gasteiger partial charge in [-0.1, -0.05) is 0 Å². The Bertz CT molecular complexity index is 446. The third kappa shape index (κ3) is 6.05. The van der Waals surface area contributed by atoms with Crippen LogP contribution in [0.3, 0.4) is 0 Å². The van der Waals surface area contributed by atoms with Gasteiger partial charge in [0.25, 0.3) is 0 Å². The molecule has 1 aromatic heterocycles. The zero-order chi connectivity index (χ0) is 14.5. The van der Waals surface area contributed by atoms with Crippen molar-refractivity contribution in [2.24, 2.45) is 0 Å².